The van der Waals surface area contributed by atoms with E-state index in [0.29, 0.717) is 16.8 Å². The van der Waals surface area contributed by atoms with Gasteiger partial charge < -0.3 is 9.73 Å². The van der Waals surface area contributed by atoms with Gasteiger partial charge in [-0.1, -0.05) is 56.2 Å². The molecule has 0 radical (unpaired) electrons. The zero-order chi connectivity index (χ0) is 24.1. The van der Waals surface area contributed by atoms with Gasteiger partial charge >= 0.3 is 0 Å². The topological polar surface area (TPSA) is 79.6 Å². The standard InChI is InChI=1S/C28H30N2O4/c1-3-20-14-16-21(17-15-20)26(27(32)29-22-9-4-5-10-22)30(28(33)25-13-8-18-34-25)24-12-7-6-11-23(24)19(2)31/h6-8,11-18,22,26H,3-5,9-10H2,1-2H3,(H,29,32). The van der Waals surface area contributed by atoms with Gasteiger partial charge in [0.15, 0.2) is 11.5 Å². The zero-order valence-electron chi connectivity index (χ0n) is 19.6. The van der Waals surface area contributed by atoms with Gasteiger partial charge in [0.25, 0.3) is 5.91 Å². The smallest absolute Gasteiger partial charge is 0.294 e. The van der Waals surface area contributed by atoms with Crippen molar-refractivity contribution in [1.82, 2.24) is 5.32 Å². The molecule has 6 heteroatoms. The summed E-state index contributed by atoms with van der Waals surface area (Å²) in [5.41, 5.74) is 2.55. The highest BCUT2D eigenvalue weighted by Crippen LogP contribution is 2.33. The quantitative estimate of drug-likeness (QED) is 0.453. The van der Waals surface area contributed by atoms with E-state index in [1.54, 1.807) is 36.4 Å². The summed E-state index contributed by atoms with van der Waals surface area (Å²) in [6.45, 7) is 3.52. The van der Waals surface area contributed by atoms with Crippen molar-refractivity contribution in [2.45, 2.75) is 58.0 Å². The Morgan fingerprint density at radius 2 is 1.71 bits per heavy atom. The first kappa shape index (κ1) is 23.5. The lowest BCUT2D eigenvalue weighted by atomic mass is 9.98. The molecule has 1 atom stereocenters. The van der Waals surface area contributed by atoms with Gasteiger partial charge in [-0.2, -0.15) is 0 Å². The minimum Gasteiger partial charge on any atom is -0.459 e. The molecule has 176 valence electrons. The summed E-state index contributed by atoms with van der Waals surface area (Å²) in [5, 5.41) is 3.16. The Morgan fingerprint density at radius 3 is 2.32 bits per heavy atom. The predicted octanol–water partition coefficient (Wildman–Crippen LogP) is 5.49. The third-order valence-electron chi connectivity index (χ3n) is 6.41. The summed E-state index contributed by atoms with van der Waals surface area (Å²) in [4.78, 5) is 41.5. The summed E-state index contributed by atoms with van der Waals surface area (Å²) < 4.78 is 5.43. The van der Waals surface area contributed by atoms with E-state index in [0.717, 1.165) is 37.7 Å². The highest BCUT2D eigenvalue weighted by Gasteiger charge is 2.37. The second kappa shape index (κ2) is 10.5. The van der Waals surface area contributed by atoms with Gasteiger partial charge in [0, 0.05) is 11.6 Å². The third kappa shape index (κ3) is 4.96. The van der Waals surface area contributed by atoms with Crippen LogP contribution >= 0.6 is 0 Å². The fourth-order valence-corrected chi connectivity index (χ4v) is 4.57. The molecular formula is C28H30N2O4. The number of nitrogens with zero attached hydrogens (tertiary/aromatic N) is 1. The number of furan rings is 1. The van der Waals surface area contributed by atoms with Crippen molar-refractivity contribution in [3.63, 3.8) is 0 Å². The number of amides is 2. The second-order valence-corrected chi connectivity index (χ2v) is 8.71. The van der Waals surface area contributed by atoms with Gasteiger partial charge in [0.1, 0.15) is 6.04 Å². The van der Waals surface area contributed by atoms with Crippen LogP contribution in [0.4, 0.5) is 5.69 Å². The van der Waals surface area contributed by atoms with Gasteiger partial charge in [-0.3, -0.25) is 19.3 Å². The highest BCUT2D eigenvalue weighted by molar-refractivity contribution is 6.12. The van der Waals surface area contributed by atoms with Crippen molar-refractivity contribution in [3.05, 3.63) is 89.4 Å². The molecule has 34 heavy (non-hydrogen) atoms. The Labute approximate surface area is 200 Å². The number of para-hydroxylation sites is 1. The molecule has 1 fully saturated rings. The summed E-state index contributed by atoms with van der Waals surface area (Å²) in [7, 11) is 0. The number of hydrogen-bond acceptors (Lipinski definition) is 4. The number of anilines is 1. The molecule has 1 aliphatic carbocycles. The molecule has 1 N–H and O–H groups in total. The second-order valence-electron chi connectivity index (χ2n) is 8.71. The molecule has 6 nitrogen and oxygen atoms in total. The third-order valence-corrected chi connectivity index (χ3v) is 6.41. The first-order valence-electron chi connectivity index (χ1n) is 11.9. The van der Waals surface area contributed by atoms with E-state index in [1.165, 1.54) is 18.1 Å². The molecule has 0 bridgehead atoms. The van der Waals surface area contributed by atoms with E-state index in [1.807, 2.05) is 24.3 Å². The maximum absolute atomic E-state index is 13.8. The number of carbonyl (C=O) groups excluding carboxylic acids is 3. The van der Waals surface area contributed by atoms with Crippen LogP contribution in [0.1, 0.15) is 77.6 Å². The number of carbonyl (C=O) groups is 3. The molecular weight excluding hydrogens is 428 g/mol. The summed E-state index contributed by atoms with van der Waals surface area (Å²) in [6.07, 6.45) is 6.27. The number of nitrogens with one attached hydrogen (secondary N) is 1. The van der Waals surface area contributed by atoms with E-state index in [9.17, 15) is 14.4 Å². The molecule has 0 spiro atoms. The van der Waals surface area contributed by atoms with Gasteiger partial charge in [-0.05, 0) is 61.6 Å². The van der Waals surface area contributed by atoms with Crippen molar-refractivity contribution in [2.24, 2.45) is 0 Å². The first-order valence-corrected chi connectivity index (χ1v) is 11.9. The van der Waals surface area contributed by atoms with Crippen LogP contribution < -0.4 is 10.2 Å². The minimum absolute atomic E-state index is 0.0773. The fraction of sp³-hybridized carbons (Fsp3) is 0.321. The van der Waals surface area contributed by atoms with Crippen LogP contribution in [0.15, 0.2) is 71.3 Å². The van der Waals surface area contributed by atoms with E-state index in [4.69, 9.17) is 4.42 Å². The van der Waals surface area contributed by atoms with Crippen LogP contribution in [-0.4, -0.2) is 23.6 Å². The molecule has 1 saturated carbocycles. The number of Topliss-reactive ketones (excluding diaryl/α,β-unsaturated/α-hetero) is 1. The molecule has 0 saturated heterocycles. The van der Waals surface area contributed by atoms with Crippen LogP contribution in [0.5, 0.6) is 0 Å². The van der Waals surface area contributed by atoms with Crippen molar-refractivity contribution >= 4 is 23.3 Å². The number of hydrogen-bond donors (Lipinski definition) is 1. The van der Waals surface area contributed by atoms with E-state index in [-0.39, 0.29) is 23.5 Å². The average molecular weight is 459 g/mol. The highest BCUT2D eigenvalue weighted by atomic mass is 16.3. The molecule has 0 aliphatic heterocycles. The van der Waals surface area contributed by atoms with Crippen LogP contribution in [0, 0.1) is 0 Å². The molecule has 3 aromatic rings. The SMILES string of the molecule is CCc1ccc(C(C(=O)NC2CCCC2)N(C(=O)c2ccco2)c2ccccc2C(C)=O)cc1. The van der Waals surface area contributed by atoms with Gasteiger partial charge in [-0.15, -0.1) is 0 Å². The summed E-state index contributed by atoms with van der Waals surface area (Å²) in [6, 6.07) is 16.9. The Hall–Kier alpha value is -3.67. The Morgan fingerprint density at radius 1 is 1.00 bits per heavy atom. The maximum Gasteiger partial charge on any atom is 0.294 e. The first-order chi connectivity index (χ1) is 16.5. The molecule has 2 amide bonds. The lowest BCUT2D eigenvalue weighted by molar-refractivity contribution is -0.123. The number of benzene rings is 2. The maximum atomic E-state index is 13.8. The number of rotatable bonds is 8. The molecule has 1 aromatic heterocycles. The van der Waals surface area contributed by atoms with Crippen LogP contribution in [0.25, 0.3) is 0 Å². The van der Waals surface area contributed by atoms with Gasteiger partial charge in [0.05, 0.1) is 12.0 Å². The molecule has 1 unspecified atom stereocenters. The molecule has 1 aliphatic rings. The summed E-state index contributed by atoms with van der Waals surface area (Å²) >= 11 is 0. The Bertz CT molecular complexity index is 1150. The van der Waals surface area contributed by atoms with Crippen LogP contribution in [0.2, 0.25) is 0 Å². The van der Waals surface area contributed by atoms with Crippen LogP contribution in [-0.2, 0) is 11.2 Å². The van der Waals surface area contributed by atoms with Crippen molar-refractivity contribution in [3.8, 4) is 0 Å². The predicted molar refractivity (Wildman–Crippen MR) is 131 cm³/mol. The van der Waals surface area contributed by atoms with Crippen LogP contribution in [0.3, 0.4) is 0 Å². The Kier molecular flexibility index (Phi) is 7.26. The zero-order valence-corrected chi connectivity index (χ0v) is 19.6. The van der Waals surface area contributed by atoms with Crippen molar-refractivity contribution in [2.75, 3.05) is 4.90 Å². The fourth-order valence-electron chi connectivity index (χ4n) is 4.57. The van der Waals surface area contributed by atoms with Crippen molar-refractivity contribution < 1.29 is 18.8 Å². The largest absolute Gasteiger partial charge is 0.459 e. The van der Waals surface area contributed by atoms with Gasteiger partial charge in [-0.25, -0.2) is 0 Å². The van der Waals surface area contributed by atoms with E-state index >= 15 is 0 Å². The Balaban J connectivity index is 1.86. The summed E-state index contributed by atoms with van der Waals surface area (Å²) in [5.74, 6) is -0.842. The molecule has 1 heterocycles. The lowest BCUT2D eigenvalue weighted by Gasteiger charge is -2.33. The van der Waals surface area contributed by atoms with E-state index < -0.39 is 11.9 Å². The lowest BCUT2D eigenvalue weighted by Crippen LogP contribution is -2.46. The van der Waals surface area contributed by atoms with Crippen molar-refractivity contribution in [1.29, 1.82) is 0 Å². The average Bonchev–Trinajstić information content (AvgIpc) is 3.57. The monoisotopic (exact) mass is 458 g/mol. The normalized spacial score (nSPS) is 14.5. The molecule has 2 aromatic carbocycles. The molecule has 4 rings (SSSR count). The van der Waals surface area contributed by atoms with Gasteiger partial charge in [0.2, 0.25) is 5.91 Å². The minimum atomic E-state index is -0.968. The van der Waals surface area contributed by atoms with E-state index in [2.05, 4.69) is 12.2 Å². The number of ketones is 1. The number of aryl methyl sites for hydroxylation is 1.